The van der Waals surface area contributed by atoms with Crippen LogP contribution in [0.2, 0.25) is 0 Å². The zero-order valence-electron chi connectivity index (χ0n) is 8.14. The summed E-state index contributed by atoms with van der Waals surface area (Å²) in [5.74, 6) is 0.139. The molecule has 0 aliphatic rings. The summed E-state index contributed by atoms with van der Waals surface area (Å²) in [5, 5.41) is 25.4. The Hall–Kier alpha value is -1.43. The van der Waals surface area contributed by atoms with Crippen molar-refractivity contribution in [2.75, 3.05) is 0 Å². The molecular formula is C8H13N3O3. The van der Waals surface area contributed by atoms with E-state index in [9.17, 15) is 9.90 Å². The molecule has 1 aromatic heterocycles. The first-order chi connectivity index (χ1) is 6.52. The number of nitrogens with zero attached hydrogens (tertiary/aromatic N) is 3. The standard InChI is InChI=1S/C8H13N3O3/c1-5(12)8-10-9-6(2)11(8)4-3-7(13)14/h5,12H,3-4H2,1-2H3,(H,13,14). The van der Waals surface area contributed by atoms with Gasteiger partial charge in [-0.2, -0.15) is 0 Å². The molecule has 1 atom stereocenters. The molecule has 1 heterocycles. The van der Waals surface area contributed by atoms with Crippen LogP contribution in [0.25, 0.3) is 0 Å². The molecule has 2 N–H and O–H groups in total. The minimum Gasteiger partial charge on any atom is -0.481 e. The van der Waals surface area contributed by atoms with Crippen molar-refractivity contribution in [3.8, 4) is 0 Å². The van der Waals surface area contributed by atoms with Gasteiger partial charge < -0.3 is 14.8 Å². The summed E-state index contributed by atoms with van der Waals surface area (Å²) >= 11 is 0. The maximum absolute atomic E-state index is 10.4. The van der Waals surface area contributed by atoms with Crippen LogP contribution < -0.4 is 0 Å². The summed E-state index contributed by atoms with van der Waals surface area (Å²) in [4.78, 5) is 10.4. The first kappa shape index (κ1) is 10.6. The number of aryl methyl sites for hydroxylation is 1. The van der Waals surface area contributed by atoms with Crippen LogP contribution >= 0.6 is 0 Å². The second-order valence-electron chi connectivity index (χ2n) is 3.08. The van der Waals surface area contributed by atoms with E-state index in [1.165, 1.54) is 0 Å². The molecule has 0 aliphatic carbocycles. The highest BCUT2D eigenvalue weighted by Gasteiger charge is 2.13. The van der Waals surface area contributed by atoms with Gasteiger partial charge in [-0.25, -0.2) is 0 Å². The van der Waals surface area contributed by atoms with Crippen LogP contribution in [0.3, 0.4) is 0 Å². The molecule has 0 radical (unpaired) electrons. The lowest BCUT2D eigenvalue weighted by Gasteiger charge is -2.08. The van der Waals surface area contributed by atoms with E-state index < -0.39 is 12.1 Å². The molecule has 6 heteroatoms. The van der Waals surface area contributed by atoms with Crippen LogP contribution in [-0.4, -0.2) is 30.9 Å². The van der Waals surface area contributed by atoms with Gasteiger partial charge in [0.25, 0.3) is 0 Å². The van der Waals surface area contributed by atoms with E-state index in [-0.39, 0.29) is 13.0 Å². The molecule has 0 spiro atoms. The molecule has 0 fully saturated rings. The fourth-order valence-electron chi connectivity index (χ4n) is 1.19. The highest BCUT2D eigenvalue weighted by Crippen LogP contribution is 2.11. The van der Waals surface area contributed by atoms with Crippen LogP contribution in [0.15, 0.2) is 0 Å². The normalized spacial score (nSPS) is 12.8. The molecule has 0 saturated heterocycles. The van der Waals surface area contributed by atoms with E-state index in [1.807, 2.05) is 0 Å². The van der Waals surface area contributed by atoms with Gasteiger partial charge in [0, 0.05) is 6.54 Å². The van der Waals surface area contributed by atoms with Crippen LogP contribution in [0, 0.1) is 6.92 Å². The predicted octanol–water partition coefficient (Wildman–Crippen LogP) is 0.115. The van der Waals surface area contributed by atoms with E-state index in [2.05, 4.69) is 10.2 Å². The summed E-state index contributed by atoms with van der Waals surface area (Å²) < 4.78 is 1.61. The van der Waals surface area contributed by atoms with Crippen LogP contribution in [-0.2, 0) is 11.3 Å². The number of aliphatic hydroxyl groups excluding tert-OH is 1. The van der Waals surface area contributed by atoms with E-state index in [1.54, 1.807) is 18.4 Å². The average molecular weight is 199 g/mol. The Labute approximate surface area is 81.2 Å². The number of aliphatic carboxylic acids is 1. The molecule has 14 heavy (non-hydrogen) atoms. The molecular weight excluding hydrogens is 186 g/mol. The van der Waals surface area contributed by atoms with Gasteiger partial charge in [-0.1, -0.05) is 0 Å². The van der Waals surface area contributed by atoms with Gasteiger partial charge in [0.15, 0.2) is 5.82 Å². The number of rotatable bonds is 4. The Balaban J connectivity index is 2.82. The Kier molecular flexibility index (Phi) is 3.19. The topological polar surface area (TPSA) is 88.2 Å². The Morgan fingerprint density at radius 3 is 2.71 bits per heavy atom. The quantitative estimate of drug-likeness (QED) is 0.718. The maximum Gasteiger partial charge on any atom is 0.305 e. The van der Waals surface area contributed by atoms with Gasteiger partial charge in [-0.15, -0.1) is 10.2 Å². The van der Waals surface area contributed by atoms with Crippen LogP contribution in [0.5, 0.6) is 0 Å². The van der Waals surface area contributed by atoms with Crippen molar-refractivity contribution in [2.24, 2.45) is 0 Å². The molecule has 0 amide bonds. The van der Waals surface area contributed by atoms with Crippen molar-refractivity contribution < 1.29 is 15.0 Å². The fraction of sp³-hybridized carbons (Fsp3) is 0.625. The summed E-state index contributed by atoms with van der Waals surface area (Å²) in [6.45, 7) is 3.58. The smallest absolute Gasteiger partial charge is 0.305 e. The Bertz CT molecular complexity index is 333. The zero-order chi connectivity index (χ0) is 10.7. The third-order valence-corrected chi connectivity index (χ3v) is 1.89. The SMILES string of the molecule is Cc1nnc(C(C)O)n1CCC(=O)O. The number of aliphatic hydroxyl groups is 1. The third kappa shape index (κ3) is 2.29. The lowest BCUT2D eigenvalue weighted by molar-refractivity contribution is -0.137. The van der Waals surface area contributed by atoms with Gasteiger partial charge in [-0.05, 0) is 13.8 Å². The average Bonchev–Trinajstić information content (AvgIpc) is 2.43. The van der Waals surface area contributed by atoms with Gasteiger partial charge in [0.2, 0.25) is 0 Å². The number of aromatic nitrogens is 3. The van der Waals surface area contributed by atoms with Gasteiger partial charge in [-0.3, -0.25) is 4.79 Å². The lowest BCUT2D eigenvalue weighted by atomic mass is 10.3. The first-order valence-corrected chi connectivity index (χ1v) is 4.32. The minimum absolute atomic E-state index is 0.00139. The number of carboxylic acid groups (broad SMARTS) is 1. The van der Waals surface area contributed by atoms with E-state index in [0.29, 0.717) is 11.6 Å². The van der Waals surface area contributed by atoms with Crippen molar-refractivity contribution in [1.82, 2.24) is 14.8 Å². The van der Waals surface area contributed by atoms with E-state index in [4.69, 9.17) is 5.11 Å². The second-order valence-corrected chi connectivity index (χ2v) is 3.08. The molecule has 78 valence electrons. The number of hydrogen-bond donors (Lipinski definition) is 2. The highest BCUT2D eigenvalue weighted by molar-refractivity contribution is 5.66. The number of hydrogen-bond acceptors (Lipinski definition) is 4. The monoisotopic (exact) mass is 199 g/mol. The summed E-state index contributed by atoms with van der Waals surface area (Å²) in [6.07, 6.45) is -0.733. The molecule has 1 unspecified atom stereocenters. The summed E-state index contributed by atoms with van der Waals surface area (Å²) in [5.41, 5.74) is 0. The molecule has 0 bridgehead atoms. The van der Waals surface area contributed by atoms with Gasteiger partial charge in [0.05, 0.1) is 6.42 Å². The van der Waals surface area contributed by atoms with Crippen molar-refractivity contribution in [1.29, 1.82) is 0 Å². The van der Waals surface area contributed by atoms with Crippen molar-refractivity contribution in [3.05, 3.63) is 11.6 Å². The second kappa shape index (κ2) is 4.19. The first-order valence-electron chi connectivity index (χ1n) is 4.32. The zero-order valence-corrected chi connectivity index (χ0v) is 8.14. The van der Waals surface area contributed by atoms with Crippen LogP contribution in [0.1, 0.15) is 31.1 Å². The Morgan fingerprint density at radius 2 is 2.21 bits per heavy atom. The van der Waals surface area contributed by atoms with Gasteiger partial charge in [0.1, 0.15) is 11.9 Å². The molecule has 1 rings (SSSR count). The number of carbonyl (C=O) groups is 1. The maximum atomic E-state index is 10.4. The van der Waals surface area contributed by atoms with E-state index in [0.717, 1.165) is 0 Å². The number of carboxylic acids is 1. The molecule has 1 aromatic rings. The van der Waals surface area contributed by atoms with E-state index >= 15 is 0 Å². The lowest BCUT2D eigenvalue weighted by Crippen LogP contribution is -2.11. The molecule has 0 aromatic carbocycles. The third-order valence-electron chi connectivity index (χ3n) is 1.89. The van der Waals surface area contributed by atoms with Crippen LogP contribution in [0.4, 0.5) is 0 Å². The predicted molar refractivity (Wildman–Crippen MR) is 47.6 cm³/mol. The summed E-state index contributed by atoms with van der Waals surface area (Å²) in [7, 11) is 0. The minimum atomic E-state index is -0.880. The Morgan fingerprint density at radius 1 is 1.57 bits per heavy atom. The molecule has 0 aliphatic heterocycles. The van der Waals surface area contributed by atoms with Crippen molar-refractivity contribution in [2.45, 2.75) is 32.9 Å². The van der Waals surface area contributed by atoms with Crippen molar-refractivity contribution >= 4 is 5.97 Å². The fourth-order valence-corrected chi connectivity index (χ4v) is 1.19. The molecule has 6 nitrogen and oxygen atoms in total. The van der Waals surface area contributed by atoms with Crippen molar-refractivity contribution in [3.63, 3.8) is 0 Å². The largest absolute Gasteiger partial charge is 0.481 e. The summed E-state index contributed by atoms with van der Waals surface area (Å²) in [6, 6.07) is 0. The van der Waals surface area contributed by atoms with Gasteiger partial charge >= 0.3 is 5.97 Å². The molecule has 0 saturated carbocycles. The highest BCUT2D eigenvalue weighted by atomic mass is 16.4.